The molecule has 0 aliphatic carbocycles. The van der Waals surface area contributed by atoms with Crippen molar-refractivity contribution in [1.29, 1.82) is 0 Å². The van der Waals surface area contributed by atoms with Crippen LogP contribution in [0, 0.1) is 0 Å². The number of imidazole rings is 1. The summed E-state index contributed by atoms with van der Waals surface area (Å²) in [6.07, 6.45) is 2.54. The molecule has 4 heterocycles. The average Bonchev–Trinajstić information content (AvgIpc) is 3.54. The van der Waals surface area contributed by atoms with Gasteiger partial charge in [-0.15, -0.1) is 11.3 Å². The molecule has 3 aromatic rings. The van der Waals surface area contributed by atoms with E-state index < -0.39 is 6.09 Å². The zero-order chi connectivity index (χ0) is 23.4. The third-order valence-corrected chi connectivity index (χ3v) is 8.16. The van der Waals surface area contributed by atoms with Gasteiger partial charge in [0, 0.05) is 16.2 Å². The number of rotatable bonds is 4. The Labute approximate surface area is 197 Å². The Morgan fingerprint density at radius 3 is 2.45 bits per heavy atom. The molecule has 1 amide bonds. The van der Waals surface area contributed by atoms with E-state index in [0.29, 0.717) is 12.4 Å². The van der Waals surface area contributed by atoms with E-state index >= 15 is 0 Å². The minimum absolute atomic E-state index is 0.199. The van der Waals surface area contributed by atoms with Gasteiger partial charge in [-0.25, -0.2) is 9.78 Å². The van der Waals surface area contributed by atoms with Crippen molar-refractivity contribution in [3.63, 3.8) is 0 Å². The quantitative estimate of drug-likeness (QED) is 0.534. The summed E-state index contributed by atoms with van der Waals surface area (Å²) in [5, 5.41) is 9.40. The summed E-state index contributed by atoms with van der Waals surface area (Å²) in [6, 6.07) is 12.3. The highest BCUT2D eigenvalue weighted by atomic mass is 32.1. The number of benzene rings is 1. The largest absolute Gasteiger partial charge is 0.505 e. The van der Waals surface area contributed by atoms with Crippen LogP contribution in [0.1, 0.15) is 52.4 Å². The molecule has 2 saturated heterocycles. The van der Waals surface area contributed by atoms with E-state index in [0.717, 1.165) is 39.3 Å². The van der Waals surface area contributed by atoms with Gasteiger partial charge in [-0.2, -0.15) is 0 Å². The van der Waals surface area contributed by atoms with E-state index in [1.807, 2.05) is 0 Å². The molecule has 2 aliphatic heterocycles. The standard InChI is InChI=1S/C24H28BN3O4S/c1-23(2)24(3,4)32-25(31-23)20-12-11-19(33-20)16-9-7-15(8-10-16)17-14-26-21(27-17)18-6-5-13-28(18)22(29)30/h7-12,14,18H,5-6,13H2,1-4H3,(H,26,27)(H,29,30). The number of nitrogens with zero attached hydrogens (tertiary/aromatic N) is 2. The van der Waals surface area contributed by atoms with Crippen molar-refractivity contribution in [3.8, 4) is 21.7 Å². The maximum atomic E-state index is 11.5. The zero-order valence-electron chi connectivity index (χ0n) is 19.3. The molecule has 0 bridgehead atoms. The number of hydrogen-bond acceptors (Lipinski definition) is 5. The van der Waals surface area contributed by atoms with Crippen molar-refractivity contribution in [2.45, 2.75) is 57.8 Å². The Kier molecular flexibility index (Phi) is 5.38. The van der Waals surface area contributed by atoms with Gasteiger partial charge >= 0.3 is 13.2 Å². The van der Waals surface area contributed by atoms with Crippen molar-refractivity contribution in [1.82, 2.24) is 14.9 Å². The normalized spacial score (nSPS) is 21.6. The first kappa shape index (κ1) is 22.2. The summed E-state index contributed by atoms with van der Waals surface area (Å²) in [5.41, 5.74) is 2.32. The van der Waals surface area contributed by atoms with Crippen LogP contribution in [0.3, 0.4) is 0 Å². The van der Waals surface area contributed by atoms with Crippen LogP contribution >= 0.6 is 11.3 Å². The molecule has 2 fully saturated rings. The minimum atomic E-state index is -0.893. The topological polar surface area (TPSA) is 87.7 Å². The summed E-state index contributed by atoms with van der Waals surface area (Å²) in [4.78, 5) is 21.9. The predicted octanol–water partition coefficient (Wildman–Crippen LogP) is 4.92. The molecule has 1 aromatic carbocycles. The lowest BCUT2D eigenvalue weighted by molar-refractivity contribution is 0.00578. The number of hydrogen-bond donors (Lipinski definition) is 2. The highest BCUT2D eigenvalue weighted by Gasteiger charge is 2.52. The van der Waals surface area contributed by atoms with Gasteiger partial charge in [-0.05, 0) is 57.7 Å². The second-order valence-electron chi connectivity index (χ2n) is 9.68. The SMILES string of the molecule is CC1(C)OB(c2ccc(-c3ccc(-c4cnc(C5CCCN5C(=O)O)[nH]4)cc3)s2)OC1(C)C. The molecule has 33 heavy (non-hydrogen) atoms. The Morgan fingerprint density at radius 1 is 1.12 bits per heavy atom. The number of H-pyrrole nitrogens is 1. The van der Waals surface area contributed by atoms with Crippen LogP contribution in [0.25, 0.3) is 21.7 Å². The first-order valence-corrected chi connectivity index (χ1v) is 12.1. The van der Waals surface area contributed by atoms with Crippen LogP contribution in [0.4, 0.5) is 4.79 Å². The lowest BCUT2D eigenvalue weighted by Crippen LogP contribution is -2.41. The van der Waals surface area contributed by atoms with Crippen molar-refractivity contribution >= 4 is 29.3 Å². The highest BCUT2D eigenvalue weighted by molar-refractivity contribution is 7.25. The molecule has 0 saturated carbocycles. The Morgan fingerprint density at radius 2 is 1.79 bits per heavy atom. The molecule has 0 spiro atoms. The summed E-state index contributed by atoms with van der Waals surface area (Å²) >= 11 is 1.68. The van der Waals surface area contributed by atoms with Gasteiger partial charge in [0.2, 0.25) is 0 Å². The Bertz CT molecular complexity index is 1150. The number of carbonyl (C=O) groups is 1. The summed E-state index contributed by atoms with van der Waals surface area (Å²) < 4.78 is 13.4. The summed E-state index contributed by atoms with van der Waals surface area (Å²) in [5.74, 6) is 0.708. The zero-order valence-corrected chi connectivity index (χ0v) is 20.1. The maximum Gasteiger partial charge on any atom is 0.505 e. The van der Waals surface area contributed by atoms with E-state index in [-0.39, 0.29) is 24.4 Å². The highest BCUT2D eigenvalue weighted by Crippen LogP contribution is 2.38. The van der Waals surface area contributed by atoms with Gasteiger partial charge in [0.15, 0.2) is 0 Å². The van der Waals surface area contributed by atoms with Gasteiger partial charge in [0.25, 0.3) is 0 Å². The van der Waals surface area contributed by atoms with Crippen LogP contribution < -0.4 is 4.78 Å². The first-order chi connectivity index (χ1) is 15.6. The van der Waals surface area contributed by atoms with Crippen molar-refractivity contribution < 1.29 is 19.2 Å². The molecular weight excluding hydrogens is 437 g/mol. The number of nitrogens with one attached hydrogen (secondary N) is 1. The van der Waals surface area contributed by atoms with E-state index in [9.17, 15) is 9.90 Å². The molecule has 7 nitrogen and oxygen atoms in total. The second-order valence-corrected chi connectivity index (χ2v) is 10.8. The van der Waals surface area contributed by atoms with E-state index in [1.165, 1.54) is 4.90 Å². The van der Waals surface area contributed by atoms with Gasteiger partial charge in [0.1, 0.15) is 5.82 Å². The fourth-order valence-electron chi connectivity index (χ4n) is 4.34. The van der Waals surface area contributed by atoms with E-state index in [4.69, 9.17) is 9.31 Å². The number of aromatic nitrogens is 2. The Hall–Kier alpha value is -2.62. The second kappa shape index (κ2) is 8.00. The van der Waals surface area contributed by atoms with Gasteiger partial charge in [0.05, 0.1) is 29.1 Å². The molecule has 2 aliphatic rings. The van der Waals surface area contributed by atoms with Crippen LogP contribution in [0.5, 0.6) is 0 Å². The van der Waals surface area contributed by atoms with E-state index in [2.05, 4.69) is 74.1 Å². The molecule has 0 radical (unpaired) electrons. The van der Waals surface area contributed by atoms with Crippen LogP contribution in [-0.2, 0) is 9.31 Å². The molecule has 2 N–H and O–H groups in total. The summed E-state index contributed by atoms with van der Waals surface area (Å²) in [6.45, 7) is 8.81. The predicted molar refractivity (Wildman–Crippen MR) is 130 cm³/mol. The van der Waals surface area contributed by atoms with Gasteiger partial charge < -0.3 is 19.4 Å². The lowest BCUT2D eigenvalue weighted by Gasteiger charge is -2.32. The van der Waals surface area contributed by atoms with Gasteiger partial charge in [-0.1, -0.05) is 30.3 Å². The fourth-order valence-corrected chi connectivity index (χ4v) is 5.31. The molecule has 5 rings (SSSR count). The summed E-state index contributed by atoms with van der Waals surface area (Å²) in [7, 11) is -0.350. The van der Waals surface area contributed by atoms with Gasteiger partial charge in [-0.3, -0.25) is 4.90 Å². The first-order valence-electron chi connectivity index (χ1n) is 11.3. The van der Waals surface area contributed by atoms with Crippen LogP contribution in [-0.4, -0.2) is 50.9 Å². The Balaban J connectivity index is 1.31. The third kappa shape index (κ3) is 3.98. The number of amides is 1. The molecule has 9 heteroatoms. The lowest BCUT2D eigenvalue weighted by atomic mass is 9.88. The fraction of sp³-hybridized carbons (Fsp3) is 0.417. The monoisotopic (exact) mass is 465 g/mol. The van der Waals surface area contributed by atoms with Crippen molar-refractivity contribution in [3.05, 3.63) is 48.4 Å². The van der Waals surface area contributed by atoms with Crippen LogP contribution in [0.2, 0.25) is 0 Å². The number of aromatic amines is 1. The number of thiophene rings is 1. The maximum absolute atomic E-state index is 11.5. The molecule has 2 aromatic heterocycles. The average molecular weight is 465 g/mol. The van der Waals surface area contributed by atoms with Crippen LogP contribution in [0.15, 0.2) is 42.6 Å². The number of carboxylic acid groups (broad SMARTS) is 1. The molecule has 1 atom stereocenters. The third-order valence-electron chi connectivity index (χ3n) is 7.00. The number of likely N-dealkylation sites (tertiary alicyclic amines) is 1. The smallest absolute Gasteiger partial charge is 0.465 e. The molecule has 1 unspecified atom stereocenters. The molecular formula is C24H28BN3O4S. The van der Waals surface area contributed by atoms with E-state index in [1.54, 1.807) is 17.5 Å². The van der Waals surface area contributed by atoms with Crippen molar-refractivity contribution in [2.75, 3.05) is 6.54 Å². The van der Waals surface area contributed by atoms with Crippen molar-refractivity contribution in [2.24, 2.45) is 0 Å². The minimum Gasteiger partial charge on any atom is -0.465 e. The molecule has 172 valence electrons.